The lowest BCUT2D eigenvalue weighted by atomic mass is 9.60. The van der Waals surface area contributed by atoms with E-state index in [0.717, 1.165) is 17.6 Å². The number of allylic oxidation sites excluding steroid dienone is 4. The molecular formula is C82H66O2. The lowest BCUT2D eigenvalue weighted by Crippen LogP contribution is -2.36. The van der Waals surface area contributed by atoms with Gasteiger partial charge in [-0.05, 0) is 181 Å². The quantitative estimate of drug-likeness (QED) is 0.127. The molecule has 6 aliphatic carbocycles. The second-order valence-electron chi connectivity index (χ2n) is 28.0. The van der Waals surface area contributed by atoms with Gasteiger partial charge in [0.1, 0.15) is 23.4 Å². The van der Waals surface area contributed by atoms with Crippen molar-refractivity contribution in [2.75, 3.05) is 0 Å². The molecule has 0 saturated carbocycles. The van der Waals surface area contributed by atoms with Crippen molar-refractivity contribution in [3.8, 4) is 55.6 Å². The molecule has 84 heavy (non-hydrogen) atoms. The summed E-state index contributed by atoms with van der Waals surface area (Å²) >= 11 is 0. The maximum atomic E-state index is 6.61. The Labute approximate surface area is 493 Å². The summed E-state index contributed by atoms with van der Waals surface area (Å²) in [5.74, 6) is -0.0750. The van der Waals surface area contributed by atoms with Crippen LogP contribution < -0.4 is 0 Å². The number of ether oxygens (including phenoxy) is 1. The number of para-hydroxylation sites is 1. The van der Waals surface area contributed by atoms with E-state index in [1.807, 2.05) is 0 Å². The van der Waals surface area contributed by atoms with Gasteiger partial charge in [0.25, 0.3) is 0 Å². The molecule has 10 aromatic carbocycles. The van der Waals surface area contributed by atoms with Gasteiger partial charge in [-0.25, -0.2) is 0 Å². The summed E-state index contributed by atoms with van der Waals surface area (Å²) < 4.78 is 13.2. The molecule has 18 rings (SSSR count). The van der Waals surface area contributed by atoms with Crippen LogP contribution in [0.4, 0.5) is 0 Å². The number of benzene rings is 10. The van der Waals surface area contributed by atoms with E-state index >= 15 is 0 Å². The number of hydrogen-bond acceptors (Lipinski definition) is 2. The fraction of sp³-hybridized carbons (Fsp3) is 0.220. The van der Waals surface area contributed by atoms with Crippen LogP contribution in [0.3, 0.4) is 0 Å². The van der Waals surface area contributed by atoms with E-state index in [0.29, 0.717) is 0 Å². The molecule has 0 N–H and O–H groups in total. The summed E-state index contributed by atoms with van der Waals surface area (Å²) in [6.45, 7) is 22.3. The van der Waals surface area contributed by atoms with Gasteiger partial charge in [-0.1, -0.05) is 238 Å². The molecule has 1 fully saturated rings. The highest BCUT2D eigenvalue weighted by molar-refractivity contribution is 6.13. The average Bonchev–Trinajstić information content (AvgIpc) is 1.54. The summed E-state index contributed by atoms with van der Waals surface area (Å²) in [6.07, 6.45) is 3.84. The number of furan rings is 1. The number of fused-ring (bicyclic) bond motifs is 22. The number of rotatable bonds is 5. The molecule has 1 saturated heterocycles. The SMILES string of the molecule is CC1(C)C2=C(CC3(C)C(=C2)c2c(ccc4oc5ccccc5c24)C3(C)C)c2ccc(C(c3ccc4c(c3)C(C)(C)c3cc5c(cc3-4)C(C)(C)c3ccc4c(c3-5)C3OC3c3ccccc3-4)c3ccc(-c4ccccc4)cc3-c3ccccc3)cc21. The maximum absolute atomic E-state index is 6.61. The van der Waals surface area contributed by atoms with E-state index in [1.54, 1.807) is 0 Å². The van der Waals surface area contributed by atoms with E-state index in [4.69, 9.17) is 9.15 Å². The molecule has 1 aromatic heterocycles. The van der Waals surface area contributed by atoms with Crippen LogP contribution in [-0.2, 0) is 26.4 Å². The fourth-order valence-corrected chi connectivity index (χ4v) is 17.6. The number of epoxide rings is 1. The monoisotopic (exact) mass is 1080 g/mol. The Hall–Kier alpha value is -8.56. The van der Waals surface area contributed by atoms with Crippen LogP contribution in [0, 0.1) is 5.41 Å². The highest BCUT2D eigenvalue weighted by atomic mass is 16.6. The summed E-state index contributed by atoms with van der Waals surface area (Å²) in [4.78, 5) is 0. The summed E-state index contributed by atoms with van der Waals surface area (Å²) in [7, 11) is 0. The predicted molar refractivity (Wildman–Crippen MR) is 346 cm³/mol. The molecule has 2 heterocycles. The maximum Gasteiger partial charge on any atom is 0.136 e. The van der Waals surface area contributed by atoms with Crippen molar-refractivity contribution in [1.29, 1.82) is 0 Å². The minimum Gasteiger partial charge on any atom is -0.456 e. The first kappa shape index (κ1) is 48.9. The molecule has 0 bridgehead atoms. The molecule has 11 aromatic rings. The van der Waals surface area contributed by atoms with Crippen LogP contribution in [0.5, 0.6) is 0 Å². The molecule has 4 atom stereocenters. The molecule has 7 aliphatic rings. The lowest BCUT2D eigenvalue weighted by Gasteiger charge is -2.43. The van der Waals surface area contributed by atoms with Gasteiger partial charge in [0.2, 0.25) is 0 Å². The second-order valence-corrected chi connectivity index (χ2v) is 28.0. The summed E-state index contributed by atoms with van der Waals surface area (Å²) in [5.41, 5.74) is 36.4. The molecule has 0 amide bonds. The lowest BCUT2D eigenvalue weighted by molar-refractivity contribution is 0.274. The van der Waals surface area contributed by atoms with Crippen LogP contribution in [0.15, 0.2) is 216 Å². The molecule has 4 unspecified atom stereocenters. The second kappa shape index (κ2) is 16.2. The zero-order valence-corrected chi connectivity index (χ0v) is 49.4. The van der Waals surface area contributed by atoms with Crippen LogP contribution in [-0.4, -0.2) is 0 Å². The fourth-order valence-electron chi connectivity index (χ4n) is 17.6. The molecule has 0 spiro atoms. The summed E-state index contributed by atoms with van der Waals surface area (Å²) in [5, 5.41) is 2.46. The van der Waals surface area contributed by atoms with Gasteiger partial charge >= 0.3 is 0 Å². The van der Waals surface area contributed by atoms with Crippen molar-refractivity contribution in [2.24, 2.45) is 5.41 Å². The Bertz CT molecular complexity index is 4860. The molecule has 2 nitrogen and oxygen atoms in total. The Balaban J connectivity index is 0.806. The molecule has 0 radical (unpaired) electrons. The van der Waals surface area contributed by atoms with E-state index in [1.165, 1.54) is 155 Å². The minimum atomic E-state index is -0.266. The predicted octanol–water partition coefficient (Wildman–Crippen LogP) is 21.3. The van der Waals surface area contributed by atoms with Gasteiger partial charge in [-0.15, -0.1) is 0 Å². The number of hydrogen-bond donors (Lipinski definition) is 0. The Morgan fingerprint density at radius 1 is 0.417 bits per heavy atom. The normalized spacial score (nSPS) is 21.5. The summed E-state index contributed by atoms with van der Waals surface area (Å²) in [6, 6.07) is 76.6. The highest BCUT2D eigenvalue weighted by Gasteiger charge is 2.57. The Morgan fingerprint density at radius 3 is 1.83 bits per heavy atom. The van der Waals surface area contributed by atoms with Crippen LogP contribution in [0.2, 0.25) is 0 Å². The van der Waals surface area contributed by atoms with Crippen molar-refractivity contribution in [2.45, 2.75) is 109 Å². The Morgan fingerprint density at radius 2 is 1.05 bits per heavy atom. The zero-order valence-electron chi connectivity index (χ0n) is 49.4. The Kier molecular flexibility index (Phi) is 9.43. The van der Waals surface area contributed by atoms with Gasteiger partial charge in [-0.3, -0.25) is 0 Å². The molecular weight excluding hydrogens is 1020 g/mol. The highest BCUT2D eigenvalue weighted by Crippen LogP contribution is 2.69. The van der Waals surface area contributed by atoms with Crippen molar-refractivity contribution >= 4 is 33.1 Å². The van der Waals surface area contributed by atoms with E-state index in [9.17, 15) is 0 Å². The van der Waals surface area contributed by atoms with E-state index in [-0.39, 0.29) is 45.2 Å². The molecule has 1 aliphatic heterocycles. The van der Waals surface area contributed by atoms with Gasteiger partial charge in [-0.2, -0.15) is 0 Å². The minimum absolute atomic E-state index is 0.0750. The third kappa shape index (κ3) is 6.14. The van der Waals surface area contributed by atoms with Crippen LogP contribution in [0.25, 0.3) is 88.7 Å². The molecule has 2 heteroatoms. The van der Waals surface area contributed by atoms with Crippen molar-refractivity contribution in [3.05, 3.63) is 284 Å². The first-order valence-electron chi connectivity index (χ1n) is 30.6. The first-order valence-corrected chi connectivity index (χ1v) is 30.6. The first-order chi connectivity index (χ1) is 40.5. The average molecular weight is 1080 g/mol. The molecule has 406 valence electrons. The zero-order chi connectivity index (χ0) is 56.7. The van der Waals surface area contributed by atoms with E-state index < -0.39 is 0 Å². The third-order valence-electron chi connectivity index (χ3n) is 22.6. The van der Waals surface area contributed by atoms with Crippen molar-refractivity contribution in [1.82, 2.24) is 0 Å². The van der Waals surface area contributed by atoms with Gasteiger partial charge < -0.3 is 9.15 Å². The van der Waals surface area contributed by atoms with Gasteiger partial charge in [0, 0.05) is 43.8 Å². The largest absolute Gasteiger partial charge is 0.456 e. The smallest absolute Gasteiger partial charge is 0.136 e. The van der Waals surface area contributed by atoms with Gasteiger partial charge in [0.05, 0.1) is 0 Å². The van der Waals surface area contributed by atoms with Crippen LogP contribution in [0.1, 0.15) is 159 Å². The third-order valence-corrected chi connectivity index (χ3v) is 22.6. The van der Waals surface area contributed by atoms with Gasteiger partial charge in [0.15, 0.2) is 0 Å². The van der Waals surface area contributed by atoms with Crippen molar-refractivity contribution < 1.29 is 9.15 Å². The topological polar surface area (TPSA) is 25.7 Å². The standard InChI is InChI=1S/C82H66O2/c1-78(2)61-35-34-53-50-24-16-17-25-55(50)76-77(84-76)74(53)72(61)59-42-65-58(41-66(59)78)51-31-29-48(39-63(51)79(65,3)4)71(54-33-28-47(45-20-12-10-13-21-45)38-57(54)46-22-14-11-15-23-46)49-30-32-52-60-44-82(9)68(43-67(60)80(5,6)64(52)40-49)75-62(81(82,7)8)36-37-70-73(75)56-26-18-19-27-69(56)83-70/h10-43,71,76-77H,44H2,1-9H3. The van der Waals surface area contributed by atoms with Crippen LogP contribution >= 0.6 is 0 Å². The van der Waals surface area contributed by atoms with Crippen molar-refractivity contribution in [3.63, 3.8) is 0 Å². The van der Waals surface area contributed by atoms with E-state index in [2.05, 4.69) is 269 Å².